The zero-order valence-corrected chi connectivity index (χ0v) is 33.4. The molecule has 2 aliphatic carbocycles. The number of halogens is 2. The summed E-state index contributed by atoms with van der Waals surface area (Å²) in [5.41, 5.74) is -2.57. The Bertz CT molecular complexity index is 2000. The van der Waals surface area contributed by atoms with E-state index in [9.17, 15) is 32.0 Å². The number of alkyl carbamates (subject to hydrolysis) is 1. The third-order valence-corrected chi connectivity index (χ3v) is 12.9. The Morgan fingerprint density at radius 3 is 2.55 bits per heavy atom. The molecule has 2 aromatic rings. The smallest absolute Gasteiger partial charge is 0.408 e. The standard InChI is InChI=1S/C38H49ClFN5O9S/c1-21-10-7-8-11-23-18-38(23,34(48)44-55(50,51)37(40)14-15-37)43-31(46)27-17-24(53-32-25-12-9-13-26(39)29(25)28(52-6)19-41-32)20-45(27)33(47)30(22(2)16-21)42-35(49)54-36(3,4)5/h8-9,11-13,19,21-24,27,30H,7,10,14-18,20H2,1-6H3,(H,42,49)(H,43,46)(H,44,48)/b11-8-/t21?,22-,23-,24-,27+,30?,38-/m1/s1. The number of amides is 4. The highest BCUT2D eigenvalue weighted by Gasteiger charge is 2.64. The predicted molar refractivity (Wildman–Crippen MR) is 201 cm³/mol. The molecule has 4 amide bonds. The minimum Gasteiger partial charge on any atom is -0.494 e. The Balaban J connectivity index is 1.36. The molecule has 0 spiro atoms. The Morgan fingerprint density at radius 2 is 1.87 bits per heavy atom. The second-order valence-electron chi connectivity index (χ2n) is 16.3. The molecule has 3 heterocycles. The molecule has 1 aromatic carbocycles. The first-order valence-corrected chi connectivity index (χ1v) is 20.5. The van der Waals surface area contributed by atoms with Gasteiger partial charge < -0.3 is 29.7 Å². The van der Waals surface area contributed by atoms with Gasteiger partial charge in [-0.25, -0.2) is 27.3 Å². The number of carbonyl (C=O) groups excluding carboxylic acids is 4. The predicted octanol–water partition coefficient (Wildman–Crippen LogP) is 4.93. The van der Waals surface area contributed by atoms with Crippen LogP contribution in [-0.2, 0) is 29.1 Å². The zero-order valence-electron chi connectivity index (χ0n) is 31.8. The van der Waals surface area contributed by atoms with Crippen molar-refractivity contribution in [2.45, 2.75) is 114 Å². The van der Waals surface area contributed by atoms with Gasteiger partial charge in [0.05, 0.1) is 24.9 Å². The van der Waals surface area contributed by atoms with Crippen LogP contribution >= 0.6 is 11.6 Å². The van der Waals surface area contributed by atoms with Crippen molar-refractivity contribution in [2.75, 3.05) is 13.7 Å². The van der Waals surface area contributed by atoms with E-state index in [-0.39, 0.29) is 44.0 Å². The van der Waals surface area contributed by atoms with Crippen molar-refractivity contribution in [3.8, 4) is 11.6 Å². The largest absolute Gasteiger partial charge is 0.494 e. The lowest BCUT2D eigenvalue weighted by atomic mass is 9.88. The quantitative estimate of drug-likeness (QED) is 0.325. The molecule has 300 valence electrons. The van der Waals surface area contributed by atoms with Gasteiger partial charge in [-0.15, -0.1) is 0 Å². The van der Waals surface area contributed by atoms with E-state index in [4.69, 9.17) is 25.8 Å². The van der Waals surface area contributed by atoms with Gasteiger partial charge in [0.15, 0.2) is 0 Å². The molecule has 0 bridgehead atoms. The molecule has 3 fully saturated rings. The number of rotatable bonds is 7. The number of sulfonamides is 1. The van der Waals surface area contributed by atoms with Crippen molar-refractivity contribution in [1.29, 1.82) is 0 Å². The molecule has 2 aliphatic heterocycles. The number of hydrogen-bond donors (Lipinski definition) is 3. The lowest BCUT2D eigenvalue weighted by Crippen LogP contribution is -2.59. The van der Waals surface area contributed by atoms with Crippen LogP contribution in [-0.4, -0.2) is 90.1 Å². The average Bonchev–Trinajstić information content (AvgIpc) is 3.98. The second-order valence-corrected chi connectivity index (χ2v) is 18.7. The van der Waals surface area contributed by atoms with Crippen molar-refractivity contribution >= 4 is 56.2 Å². The SMILES string of the molecule is COc1cnc(O[C@@H]2C[C@H]3C(=O)N[C@]4(C(=O)NS(=O)(=O)C5(F)CC5)C[C@H]4/C=C\CCC(C)C[C@@H](C)C(NC(=O)OC(C)(C)C)C(=O)N3C2)c2cccc(Cl)c12. The van der Waals surface area contributed by atoms with Gasteiger partial charge in [-0.3, -0.25) is 14.4 Å². The van der Waals surface area contributed by atoms with Gasteiger partial charge in [0.2, 0.25) is 22.7 Å². The molecule has 4 aliphatic rings. The maximum absolute atomic E-state index is 14.8. The van der Waals surface area contributed by atoms with Crippen molar-refractivity contribution in [3.63, 3.8) is 0 Å². The second kappa shape index (κ2) is 15.1. The van der Waals surface area contributed by atoms with Crippen molar-refractivity contribution in [1.82, 2.24) is 25.2 Å². The van der Waals surface area contributed by atoms with E-state index in [1.54, 1.807) is 45.0 Å². The Morgan fingerprint density at radius 1 is 1.15 bits per heavy atom. The van der Waals surface area contributed by atoms with Gasteiger partial charge in [0, 0.05) is 36.0 Å². The van der Waals surface area contributed by atoms with Gasteiger partial charge in [0.1, 0.15) is 35.1 Å². The Labute approximate surface area is 325 Å². The number of alkyl halides is 1. The summed E-state index contributed by atoms with van der Waals surface area (Å²) >= 11 is 6.53. The maximum atomic E-state index is 14.8. The number of methoxy groups -OCH3 is 1. The van der Waals surface area contributed by atoms with E-state index in [0.29, 0.717) is 40.8 Å². The number of carbonyl (C=O) groups is 4. The van der Waals surface area contributed by atoms with Gasteiger partial charge in [-0.1, -0.05) is 43.7 Å². The third-order valence-electron chi connectivity index (χ3n) is 10.7. The van der Waals surface area contributed by atoms with Crippen molar-refractivity contribution in [2.24, 2.45) is 17.8 Å². The number of pyridine rings is 1. The molecule has 6 rings (SSSR count). The van der Waals surface area contributed by atoms with Crippen LogP contribution in [0.3, 0.4) is 0 Å². The fraction of sp³-hybridized carbons (Fsp3) is 0.605. The first kappa shape index (κ1) is 40.5. The van der Waals surface area contributed by atoms with E-state index in [0.717, 1.165) is 0 Å². The monoisotopic (exact) mass is 805 g/mol. The molecular weight excluding hydrogens is 757 g/mol. The number of aromatic nitrogens is 1. The number of benzene rings is 1. The van der Waals surface area contributed by atoms with E-state index in [1.165, 1.54) is 18.2 Å². The first-order chi connectivity index (χ1) is 25.8. The highest BCUT2D eigenvalue weighted by Crippen LogP contribution is 2.48. The minimum atomic E-state index is -4.67. The molecule has 1 aromatic heterocycles. The van der Waals surface area contributed by atoms with Gasteiger partial charge in [-0.05, 0) is 70.4 Å². The minimum absolute atomic E-state index is 0.0542. The topological polar surface area (TPSA) is 182 Å². The van der Waals surface area contributed by atoms with Crippen molar-refractivity contribution < 1.29 is 46.2 Å². The normalized spacial score (nSPS) is 30.1. The highest BCUT2D eigenvalue weighted by molar-refractivity contribution is 7.91. The van der Waals surface area contributed by atoms with E-state index >= 15 is 0 Å². The third kappa shape index (κ3) is 8.49. The molecule has 3 N–H and O–H groups in total. The van der Waals surface area contributed by atoms with Crippen LogP contribution in [0.4, 0.5) is 9.18 Å². The number of fused-ring (bicyclic) bond motifs is 3. The lowest BCUT2D eigenvalue weighted by Gasteiger charge is -2.33. The fourth-order valence-electron chi connectivity index (χ4n) is 7.53. The van der Waals surface area contributed by atoms with Crippen LogP contribution in [0.1, 0.15) is 79.6 Å². The van der Waals surface area contributed by atoms with Gasteiger partial charge in [-0.2, -0.15) is 0 Å². The summed E-state index contributed by atoms with van der Waals surface area (Å²) in [6.07, 6.45) is 4.89. The summed E-state index contributed by atoms with van der Waals surface area (Å²) in [7, 11) is -3.19. The van der Waals surface area contributed by atoms with Crippen molar-refractivity contribution in [3.05, 3.63) is 41.6 Å². The first-order valence-electron chi connectivity index (χ1n) is 18.6. The number of ether oxygens (including phenoxy) is 3. The summed E-state index contributed by atoms with van der Waals surface area (Å²) in [6, 6.07) is 2.83. The van der Waals surface area contributed by atoms with Crippen LogP contribution in [0.25, 0.3) is 10.8 Å². The van der Waals surface area contributed by atoms with Crippen LogP contribution in [0.15, 0.2) is 36.5 Å². The fourth-order valence-corrected chi connectivity index (χ4v) is 9.05. The molecule has 2 saturated carbocycles. The Hall–Kier alpha value is -4.18. The zero-order chi connectivity index (χ0) is 40.1. The number of nitrogens with one attached hydrogen (secondary N) is 3. The number of nitrogens with zero attached hydrogens (tertiary/aromatic N) is 2. The van der Waals surface area contributed by atoms with Crippen LogP contribution in [0, 0.1) is 17.8 Å². The summed E-state index contributed by atoms with van der Waals surface area (Å²) < 4.78 is 59.7. The number of allylic oxidation sites excluding steroid dienone is 1. The van der Waals surface area contributed by atoms with E-state index in [2.05, 4.69) is 15.6 Å². The van der Waals surface area contributed by atoms with Crippen LogP contribution in [0.2, 0.25) is 5.02 Å². The van der Waals surface area contributed by atoms with Crippen LogP contribution < -0.4 is 24.8 Å². The number of hydrogen-bond acceptors (Lipinski definition) is 10. The van der Waals surface area contributed by atoms with Gasteiger partial charge >= 0.3 is 6.09 Å². The van der Waals surface area contributed by atoms with E-state index < -0.39 is 80.0 Å². The van der Waals surface area contributed by atoms with Gasteiger partial charge in [0.25, 0.3) is 15.9 Å². The molecule has 17 heteroatoms. The highest BCUT2D eigenvalue weighted by atomic mass is 35.5. The maximum Gasteiger partial charge on any atom is 0.408 e. The molecule has 7 atom stereocenters. The molecule has 55 heavy (non-hydrogen) atoms. The average molecular weight is 806 g/mol. The Kier molecular flexibility index (Phi) is 11.1. The summed E-state index contributed by atoms with van der Waals surface area (Å²) in [6.45, 7) is 8.90. The molecule has 14 nitrogen and oxygen atoms in total. The summed E-state index contributed by atoms with van der Waals surface area (Å²) in [4.78, 5) is 61.9. The van der Waals surface area contributed by atoms with Crippen LogP contribution in [0.5, 0.6) is 11.6 Å². The molecule has 0 radical (unpaired) electrons. The molecule has 1 saturated heterocycles. The molecular formula is C38H49ClFN5O9S. The van der Waals surface area contributed by atoms with E-state index in [1.807, 2.05) is 24.6 Å². The summed E-state index contributed by atoms with van der Waals surface area (Å²) in [5.74, 6) is -2.65. The lowest BCUT2D eigenvalue weighted by molar-refractivity contribution is -0.142. The summed E-state index contributed by atoms with van der Waals surface area (Å²) in [5, 5.41) is 4.47. The molecule has 2 unspecified atom stereocenters.